The zero-order chi connectivity index (χ0) is 25.2. The van der Waals surface area contributed by atoms with Gasteiger partial charge >= 0.3 is 0 Å². The van der Waals surface area contributed by atoms with Gasteiger partial charge in [-0.1, -0.05) is 6.07 Å². The van der Waals surface area contributed by atoms with Crippen LogP contribution in [0.3, 0.4) is 0 Å². The number of nitrogens with zero attached hydrogens (tertiary/aromatic N) is 5. The molecule has 2 aromatic heterocycles. The Hall–Kier alpha value is -3.34. The molecule has 5 rings (SSSR count). The standard InChI is InChI=1S/C26H32N6O4/c1-16-13-35-10-8-31(16)25-21-6-7-22(18-4-5-20(23(27)33)19(12-18)15-34-3)28-24(21)29-26(30-25)32-9-11-36-14-17(32)2/h4-7,12,16-17H,8-11,13-15H2,1-3H3,(H2,27,33). The number of nitrogens with two attached hydrogens (primary N) is 1. The predicted molar refractivity (Wildman–Crippen MR) is 137 cm³/mol. The summed E-state index contributed by atoms with van der Waals surface area (Å²) in [6, 6.07) is 9.81. The van der Waals surface area contributed by atoms with E-state index in [4.69, 9.17) is 34.9 Å². The number of carbonyl (C=O) groups is 1. The van der Waals surface area contributed by atoms with Gasteiger partial charge in [-0.3, -0.25) is 4.79 Å². The van der Waals surface area contributed by atoms with Crippen molar-refractivity contribution in [2.75, 3.05) is 56.4 Å². The molecule has 2 N–H and O–H groups in total. The van der Waals surface area contributed by atoms with Crippen LogP contribution in [-0.2, 0) is 20.8 Å². The number of pyridine rings is 1. The molecule has 0 aliphatic carbocycles. The zero-order valence-corrected chi connectivity index (χ0v) is 20.9. The van der Waals surface area contributed by atoms with E-state index in [0.29, 0.717) is 43.6 Å². The van der Waals surface area contributed by atoms with Crippen molar-refractivity contribution in [2.24, 2.45) is 5.73 Å². The summed E-state index contributed by atoms with van der Waals surface area (Å²) < 4.78 is 16.6. The molecule has 4 heterocycles. The summed E-state index contributed by atoms with van der Waals surface area (Å²) in [6.45, 7) is 8.58. The van der Waals surface area contributed by atoms with Gasteiger partial charge in [0.2, 0.25) is 11.9 Å². The Kier molecular flexibility index (Phi) is 6.99. The third kappa shape index (κ3) is 4.71. The Morgan fingerprint density at radius 1 is 1.03 bits per heavy atom. The molecule has 1 aromatic carbocycles. The number of amides is 1. The van der Waals surface area contributed by atoms with Crippen molar-refractivity contribution in [3.63, 3.8) is 0 Å². The summed E-state index contributed by atoms with van der Waals surface area (Å²) in [5.74, 6) is 1.04. The quantitative estimate of drug-likeness (QED) is 0.554. The summed E-state index contributed by atoms with van der Waals surface area (Å²) >= 11 is 0. The maximum atomic E-state index is 11.9. The summed E-state index contributed by atoms with van der Waals surface area (Å²) in [4.78, 5) is 31.2. The minimum absolute atomic E-state index is 0.160. The first-order valence-corrected chi connectivity index (χ1v) is 12.3. The Bertz CT molecular complexity index is 1270. The predicted octanol–water partition coefficient (Wildman–Crippen LogP) is 2.39. The van der Waals surface area contributed by atoms with Crippen LogP contribution in [-0.4, -0.2) is 79.6 Å². The van der Waals surface area contributed by atoms with E-state index in [1.54, 1.807) is 13.2 Å². The maximum Gasteiger partial charge on any atom is 0.249 e. The largest absolute Gasteiger partial charge is 0.380 e. The molecule has 1 amide bonds. The van der Waals surface area contributed by atoms with Gasteiger partial charge in [-0.15, -0.1) is 0 Å². The highest BCUT2D eigenvalue weighted by Gasteiger charge is 2.27. The molecule has 36 heavy (non-hydrogen) atoms. The summed E-state index contributed by atoms with van der Waals surface area (Å²) in [7, 11) is 1.59. The molecule has 2 aliphatic rings. The van der Waals surface area contributed by atoms with Gasteiger partial charge < -0.3 is 29.7 Å². The molecule has 10 heteroatoms. The molecule has 2 atom stereocenters. The van der Waals surface area contributed by atoms with Crippen LogP contribution in [0.1, 0.15) is 29.8 Å². The van der Waals surface area contributed by atoms with E-state index in [1.165, 1.54) is 0 Å². The Morgan fingerprint density at radius 3 is 2.42 bits per heavy atom. The Labute approximate surface area is 210 Å². The van der Waals surface area contributed by atoms with E-state index in [2.05, 4.69) is 23.6 Å². The number of benzene rings is 1. The lowest BCUT2D eigenvalue weighted by Gasteiger charge is -2.37. The number of rotatable bonds is 6. The minimum Gasteiger partial charge on any atom is -0.380 e. The van der Waals surface area contributed by atoms with Gasteiger partial charge in [0, 0.05) is 31.3 Å². The molecule has 10 nitrogen and oxygen atoms in total. The van der Waals surface area contributed by atoms with E-state index in [-0.39, 0.29) is 18.7 Å². The van der Waals surface area contributed by atoms with Crippen molar-refractivity contribution in [2.45, 2.75) is 32.5 Å². The lowest BCUT2D eigenvalue weighted by molar-refractivity contribution is 0.0973. The molecular weight excluding hydrogens is 460 g/mol. The van der Waals surface area contributed by atoms with Crippen molar-refractivity contribution in [3.8, 4) is 11.3 Å². The number of aromatic nitrogens is 3. The number of fused-ring (bicyclic) bond motifs is 1. The van der Waals surface area contributed by atoms with Gasteiger partial charge in [0.05, 0.1) is 56.2 Å². The molecule has 2 unspecified atom stereocenters. The van der Waals surface area contributed by atoms with Crippen molar-refractivity contribution in [3.05, 3.63) is 41.5 Å². The highest BCUT2D eigenvalue weighted by molar-refractivity contribution is 5.95. The van der Waals surface area contributed by atoms with Gasteiger partial charge in [-0.2, -0.15) is 9.97 Å². The van der Waals surface area contributed by atoms with Gasteiger partial charge in [-0.05, 0) is 43.7 Å². The number of methoxy groups -OCH3 is 1. The number of hydrogen-bond acceptors (Lipinski definition) is 9. The normalized spacial score (nSPS) is 20.6. The molecule has 0 spiro atoms. The number of primary amides is 1. The zero-order valence-electron chi connectivity index (χ0n) is 20.9. The number of morpholine rings is 2. The van der Waals surface area contributed by atoms with E-state index < -0.39 is 5.91 Å². The summed E-state index contributed by atoms with van der Waals surface area (Å²) in [6.07, 6.45) is 0. The number of hydrogen-bond donors (Lipinski definition) is 1. The SMILES string of the molecule is COCc1cc(-c2ccc3c(N4CCOCC4C)nc(N4CCOCC4C)nc3n2)ccc1C(N)=O. The number of carbonyl (C=O) groups excluding carboxylic acids is 1. The molecular formula is C26H32N6O4. The maximum absolute atomic E-state index is 11.9. The van der Waals surface area contributed by atoms with Gasteiger partial charge in [0.15, 0.2) is 5.65 Å². The van der Waals surface area contributed by atoms with E-state index in [0.717, 1.165) is 41.1 Å². The van der Waals surface area contributed by atoms with Gasteiger partial charge in [-0.25, -0.2) is 4.98 Å². The molecule has 2 fully saturated rings. The van der Waals surface area contributed by atoms with Crippen LogP contribution in [0.15, 0.2) is 30.3 Å². The molecule has 0 radical (unpaired) electrons. The Morgan fingerprint density at radius 2 is 1.75 bits per heavy atom. The lowest BCUT2D eigenvalue weighted by Crippen LogP contribution is -2.46. The first-order valence-electron chi connectivity index (χ1n) is 12.3. The number of anilines is 2. The summed E-state index contributed by atoms with van der Waals surface area (Å²) in [5, 5.41) is 0.892. The lowest BCUT2D eigenvalue weighted by atomic mass is 10.0. The van der Waals surface area contributed by atoms with Crippen LogP contribution < -0.4 is 15.5 Å². The average molecular weight is 493 g/mol. The van der Waals surface area contributed by atoms with Crippen LogP contribution in [0.2, 0.25) is 0 Å². The molecule has 3 aromatic rings. The second kappa shape index (κ2) is 10.3. The van der Waals surface area contributed by atoms with Crippen molar-refractivity contribution >= 4 is 28.7 Å². The monoisotopic (exact) mass is 492 g/mol. The van der Waals surface area contributed by atoms with Crippen LogP contribution in [0.5, 0.6) is 0 Å². The van der Waals surface area contributed by atoms with E-state index >= 15 is 0 Å². The van der Waals surface area contributed by atoms with Crippen molar-refractivity contribution in [1.29, 1.82) is 0 Å². The van der Waals surface area contributed by atoms with Gasteiger partial charge in [0.1, 0.15) is 5.82 Å². The van der Waals surface area contributed by atoms with Crippen molar-refractivity contribution in [1.82, 2.24) is 15.0 Å². The third-order valence-electron chi connectivity index (χ3n) is 6.76. The highest BCUT2D eigenvalue weighted by Crippen LogP contribution is 2.31. The second-order valence-electron chi connectivity index (χ2n) is 9.32. The Balaban J connectivity index is 1.63. The summed E-state index contributed by atoms with van der Waals surface area (Å²) in [5.41, 5.74) is 8.94. The van der Waals surface area contributed by atoms with Crippen LogP contribution in [0.4, 0.5) is 11.8 Å². The van der Waals surface area contributed by atoms with Crippen LogP contribution >= 0.6 is 0 Å². The first kappa shape index (κ1) is 24.4. The molecule has 2 saturated heterocycles. The van der Waals surface area contributed by atoms with Crippen LogP contribution in [0.25, 0.3) is 22.3 Å². The van der Waals surface area contributed by atoms with Gasteiger partial charge in [0.25, 0.3) is 0 Å². The van der Waals surface area contributed by atoms with Crippen LogP contribution in [0, 0.1) is 0 Å². The number of ether oxygens (including phenoxy) is 3. The highest BCUT2D eigenvalue weighted by atomic mass is 16.5. The molecule has 0 saturated carbocycles. The fourth-order valence-corrected chi connectivity index (χ4v) is 4.83. The second-order valence-corrected chi connectivity index (χ2v) is 9.32. The first-order chi connectivity index (χ1) is 17.5. The molecule has 0 bridgehead atoms. The van der Waals surface area contributed by atoms with E-state index in [1.807, 2.05) is 24.3 Å². The average Bonchev–Trinajstić information content (AvgIpc) is 2.88. The fourth-order valence-electron chi connectivity index (χ4n) is 4.83. The minimum atomic E-state index is -0.485. The topological polar surface area (TPSA) is 116 Å². The smallest absolute Gasteiger partial charge is 0.249 e. The van der Waals surface area contributed by atoms with Crippen molar-refractivity contribution < 1.29 is 19.0 Å². The third-order valence-corrected chi connectivity index (χ3v) is 6.76. The fraction of sp³-hybridized carbons (Fsp3) is 0.462. The molecule has 2 aliphatic heterocycles. The molecule has 190 valence electrons. The van der Waals surface area contributed by atoms with E-state index in [9.17, 15) is 4.79 Å².